The molecule has 1 N–H and O–H groups in total. The van der Waals surface area contributed by atoms with E-state index in [1.807, 2.05) is 30.5 Å². The van der Waals surface area contributed by atoms with Gasteiger partial charge in [-0.15, -0.1) is 13.2 Å². The van der Waals surface area contributed by atoms with E-state index in [1.54, 1.807) is 11.6 Å². The summed E-state index contributed by atoms with van der Waals surface area (Å²) in [5.74, 6) is -0.346. The Balaban J connectivity index is 1.87. The second-order valence-electron chi connectivity index (χ2n) is 5.84. The summed E-state index contributed by atoms with van der Waals surface area (Å²) in [6.45, 7) is 0. The lowest BCUT2D eigenvalue weighted by Gasteiger charge is -2.09. The van der Waals surface area contributed by atoms with E-state index in [0.29, 0.717) is 16.7 Å². The maximum atomic E-state index is 12.8. The van der Waals surface area contributed by atoms with Gasteiger partial charge in [-0.25, -0.2) is 4.68 Å². The van der Waals surface area contributed by atoms with Crippen molar-refractivity contribution < 1.29 is 22.5 Å². The highest BCUT2D eigenvalue weighted by Gasteiger charge is 2.31. The lowest BCUT2D eigenvalue weighted by atomic mass is 10.1. The van der Waals surface area contributed by atoms with E-state index in [1.165, 1.54) is 28.9 Å². The number of hydrogen-bond acceptors (Lipinski definition) is 2. The molecule has 0 aliphatic carbocycles. The molecule has 0 aliphatic rings. The van der Waals surface area contributed by atoms with Gasteiger partial charge in [-0.05, 0) is 30.3 Å². The molecule has 0 fully saturated rings. The molecule has 0 atom stereocenters. The Morgan fingerprint density at radius 2 is 1.77 bits per heavy atom. The molecule has 0 saturated heterocycles. The Kier molecular flexibility index (Phi) is 3.50. The zero-order valence-electron chi connectivity index (χ0n) is 13.5. The number of fused-ring (bicyclic) bond motifs is 3. The third kappa shape index (κ3) is 2.69. The van der Waals surface area contributed by atoms with Gasteiger partial charge in [-0.2, -0.15) is 4.57 Å². The minimum absolute atomic E-state index is 0.294. The number of alkyl halides is 3. The van der Waals surface area contributed by atoms with Gasteiger partial charge in [0, 0.05) is 10.8 Å². The van der Waals surface area contributed by atoms with Crippen molar-refractivity contribution in [2.45, 2.75) is 6.36 Å². The summed E-state index contributed by atoms with van der Waals surface area (Å²) in [7, 11) is 1.77. The first-order valence-corrected chi connectivity index (χ1v) is 7.72. The van der Waals surface area contributed by atoms with Crippen LogP contribution >= 0.6 is 0 Å². The smallest absolute Gasteiger partial charge is 0.406 e. The maximum absolute atomic E-state index is 12.8. The SMILES string of the molecule is C[n+]1cc2ccccc2c2[nH]n(-c3ccc(OC(F)(F)F)cc3)c(=O)c21. The van der Waals surface area contributed by atoms with Crippen LogP contribution in [0, 0.1) is 0 Å². The molecule has 0 saturated carbocycles. The van der Waals surface area contributed by atoms with E-state index in [-0.39, 0.29) is 11.3 Å². The summed E-state index contributed by atoms with van der Waals surface area (Å²) in [4.78, 5) is 12.8. The average molecular weight is 360 g/mol. The number of halogens is 3. The van der Waals surface area contributed by atoms with Gasteiger partial charge in [-0.1, -0.05) is 18.2 Å². The second kappa shape index (κ2) is 5.62. The predicted octanol–water partition coefficient (Wildman–Crippen LogP) is 3.20. The Bertz CT molecular complexity index is 1170. The minimum Gasteiger partial charge on any atom is -0.406 e. The highest BCUT2D eigenvalue weighted by Crippen LogP contribution is 2.24. The van der Waals surface area contributed by atoms with Crippen molar-refractivity contribution >= 4 is 21.8 Å². The fraction of sp³-hybridized carbons (Fsp3) is 0.111. The van der Waals surface area contributed by atoms with Crippen LogP contribution in [0.5, 0.6) is 5.75 Å². The summed E-state index contributed by atoms with van der Waals surface area (Å²) in [5, 5.41) is 4.90. The summed E-state index contributed by atoms with van der Waals surface area (Å²) in [6.07, 6.45) is -2.90. The standard InChI is InChI=1S/C18H12F3N3O2/c1-23-10-11-4-2-3-5-14(11)15-16(23)17(25)24(22-15)12-6-8-13(9-7-12)26-18(19,20)21/h2-10H,1H3/p+1. The molecule has 0 aliphatic heterocycles. The molecule has 0 radical (unpaired) electrons. The van der Waals surface area contributed by atoms with Gasteiger partial charge in [-0.3, -0.25) is 9.89 Å². The first kappa shape index (κ1) is 16.2. The molecule has 2 aromatic carbocycles. The molecule has 8 heteroatoms. The van der Waals surface area contributed by atoms with Gasteiger partial charge >= 0.3 is 11.9 Å². The molecule has 26 heavy (non-hydrogen) atoms. The van der Waals surface area contributed by atoms with Crippen LogP contribution in [0.2, 0.25) is 0 Å². The first-order valence-electron chi connectivity index (χ1n) is 7.72. The topological polar surface area (TPSA) is 50.9 Å². The number of H-pyrrole nitrogens is 1. The van der Waals surface area contributed by atoms with E-state index in [2.05, 4.69) is 9.84 Å². The number of aromatic amines is 1. The Labute approximate surface area is 144 Å². The molecule has 4 rings (SSSR count). The number of aryl methyl sites for hydroxylation is 1. The van der Waals surface area contributed by atoms with Crippen LogP contribution < -0.4 is 14.9 Å². The monoisotopic (exact) mass is 360 g/mol. The summed E-state index contributed by atoms with van der Waals surface area (Å²) >= 11 is 0. The van der Waals surface area contributed by atoms with Crippen molar-refractivity contribution in [2.75, 3.05) is 0 Å². The highest BCUT2D eigenvalue weighted by molar-refractivity contribution is 6.01. The molecule has 0 amide bonds. The van der Waals surface area contributed by atoms with Crippen molar-refractivity contribution in [3.8, 4) is 11.4 Å². The van der Waals surface area contributed by atoms with Crippen LogP contribution in [-0.4, -0.2) is 16.1 Å². The highest BCUT2D eigenvalue weighted by atomic mass is 19.4. The van der Waals surface area contributed by atoms with E-state index in [9.17, 15) is 18.0 Å². The largest absolute Gasteiger partial charge is 0.573 e. The van der Waals surface area contributed by atoms with Crippen molar-refractivity contribution in [2.24, 2.45) is 7.05 Å². The predicted molar refractivity (Wildman–Crippen MR) is 89.3 cm³/mol. The van der Waals surface area contributed by atoms with E-state index in [4.69, 9.17) is 0 Å². The maximum Gasteiger partial charge on any atom is 0.573 e. The lowest BCUT2D eigenvalue weighted by molar-refractivity contribution is -0.644. The normalized spacial score (nSPS) is 12.0. The van der Waals surface area contributed by atoms with Crippen LogP contribution in [-0.2, 0) is 7.05 Å². The number of pyridine rings is 1. The third-order valence-corrected chi connectivity index (χ3v) is 4.11. The summed E-state index contributed by atoms with van der Waals surface area (Å²) < 4.78 is 43.7. The number of aromatic nitrogens is 3. The van der Waals surface area contributed by atoms with Gasteiger partial charge in [0.05, 0.1) is 5.69 Å². The van der Waals surface area contributed by atoms with E-state index >= 15 is 0 Å². The van der Waals surface area contributed by atoms with Crippen LogP contribution in [0.15, 0.2) is 59.5 Å². The molecule has 2 aromatic heterocycles. The fourth-order valence-electron chi connectivity index (χ4n) is 3.03. The van der Waals surface area contributed by atoms with Crippen molar-refractivity contribution in [1.29, 1.82) is 0 Å². The molecule has 4 aromatic rings. The van der Waals surface area contributed by atoms with Gasteiger partial charge < -0.3 is 4.74 Å². The second-order valence-corrected chi connectivity index (χ2v) is 5.84. The number of rotatable bonds is 2. The van der Waals surface area contributed by atoms with Crippen molar-refractivity contribution in [3.05, 3.63) is 65.1 Å². The number of ether oxygens (including phenoxy) is 1. The summed E-state index contributed by atoms with van der Waals surface area (Å²) in [5.41, 5.74) is 1.24. The van der Waals surface area contributed by atoms with Gasteiger partial charge in [0.2, 0.25) is 0 Å². The number of nitrogens with one attached hydrogen (secondary N) is 1. The van der Waals surface area contributed by atoms with E-state index < -0.39 is 6.36 Å². The van der Waals surface area contributed by atoms with Crippen LogP contribution in [0.3, 0.4) is 0 Å². The zero-order valence-corrected chi connectivity index (χ0v) is 13.5. The van der Waals surface area contributed by atoms with Crippen molar-refractivity contribution in [3.63, 3.8) is 0 Å². The molecular weight excluding hydrogens is 347 g/mol. The molecule has 132 valence electrons. The van der Waals surface area contributed by atoms with Crippen LogP contribution in [0.1, 0.15) is 0 Å². The Morgan fingerprint density at radius 3 is 2.46 bits per heavy atom. The lowest BCUT2D eigenvalue weighted by Crippen LogP contribution is -2.33. The molecular formula is C18H13F3N3O2+. The average Bonchev–Trinajstić information content (AvgIpc) is 2.93. The molecule has 0 unspecified atom stereocenters. The summed E-state index contributed by atoms with van der Waals surface area (Å²) in [6, 6.07) is 12.7. The Morgan fingerprint density at radius 1 is 1.08 bits per heavy atom. The number of benzene rings is 2. The van der Waals surface area contributed by atoms with Gasteiger partial charge in [0.1, 0.15) is 18.3 Å². The van der Waals surface area contributed by atoms with Crippen LogP contribution in [0.4, 0.5) is 13.2 Å². The Hall–Kier alpha value is -3.29. The molecule has 2 heterocycles. The zero-order chi connectivity index (χ0) is 18.5. The van der Waals surface area contributed by atoms with Crippen LogP contribution in [0.25, 0.3) is 27.5 Å². The van der Waals surface area contributed by atoms with Crippen molar-refractivity contribution in [1.82, 2.24) is 9.78 Å². The minimum atomic E-state index is -4.76. The number of nitrogens with zero attached hydrogens (tertiary/aromatic N) is 2. The van der Waals surface area contributed by atoms with Gasteiger partial charge in [0.15, 0.2) is 6.20 Å². The van der Waals surface area contributed by atoms with E-state index in [0.717, 1.165) is 10.8 Å². The molecule has 0 bridgehead atoms. The first-order chi connectivity index (χ1) is 12.3. The number of hydrogen-bond donors (Lipinski definition) is 1. The fourth-order valence-corrected chi connectivity index (χ4v) is 3.03. The quantitative estimate of drug-likeness (QED) is 0.558. The van der Waals surface area contributed by atoms with Gasteiger partial charge in [0.25, 0.3) is 5.52 Å². The third-order valence-electron chi connectivity index (χ3n) is 4.11. The molecule has 0 spiro atoms. The molecule has 5 nitrogen and oxygen atoms in total.